The Labute approximate surface area is 113 Å². The van der Waals surface area contributed by atoms with Crippen molar-refractivity contribution in [2.75, 3.05) is 6.54 Å². The standard InChI is InChI=1S/C16H19NS/c1-13(12-17)11-14-7-9-16(10-8-14)18-15-5-3-2-4-6-15/h2-10,13H,11-12,17H2,1H3. The first-order valence-electron chi connectivity index (χ1n) is 6.30. The summed E-state index contributed by atoms with van der Waals surface area (Å²) in [6, 6.07) is 19.2. The van der Waals surface area contributed by atoms with Crippen LogP contribution >= 0.6 is 11.8 Å². The zero-order chi connectivity index (χ0) is 12.8. The van der Waals surface area contributed by atoms with Crippen molar-refractivity contribution in [1.82, 2.24) is 0 Å². The molecule has 1 nitrogen and oxygen atoms in total. The van der Waals surface area contributed by atoms with Gasteiger partial charge in [0, 0.05) is 9.79 Å². The highest BCUT2D eigenvalue weighted by Gasteiger charge is 2.02. The maximum atomic E-state index is 5.65. The SMILES string of the molecule is CC(CN)Cc1ccc(Sc2ccccc2)cc1. The molecule has 0 aliphatic rings. The fourth-order valence-corrected chi connectivity index (χ4v) is 2.64. The summed E-state index contributed by atoms with van der Waals surface area (Å²) in [5, 5.41) is 0. The van der Waals surface area contributed by atoms with Gasteiger partial charge in [-0.15, -0.1) is 0 Å². The Morgan fingerprint density at radius 3 is 2.17 bits per heavy atom. The lowest BCUT2D eigenvalue weighted by molar-refractivity contribution is 0.593. The highest BCUT2D eigenvalue weighted by molar-refractivity contribution is 7.99. The molecule has 0 bridgehead atoms. The summed E-state index contributed by atoms with van der Waals surface area (Å²) < 4.78 is 0. The van der Waals surface area contributed by atoms with Crippen molar-refractivity contribution < 1.29 is 0 Å². The molecule has 0 spiro atoms. The molecule has 0 aliphatic heterocycles. The van der Waals surface area contributed by atoms with Gasteiger partial charge in [0.05, 0.1) is 0 Å². The van der Waals surface area contributed by atoms with Gasteiger partial charge in [0.15, 0.2) is 0 Å². The summed E-state index contributed by atoms with van der Waals surface area (Å²) in [5.74, 6) is 0.553. The molecule has 0 radical (unpaired) electrons. The lowest BCUT2D eigenvalue weighted by Crippen LogP contribution is -2.12. The zero-order valence-electron chi connectivity index (χ0n) is 10.7. The van der Waals surface area contributed by atoms with Crippen LogP contribution in [0.1, 0.15) is 12.5 Å². The van der Waals surface area contributed by atoms with Gasteiger partial charge in [0.1, 0.15) is 0 Å². The number of rotatable bonds is 5. The van der Waals surface area contributed by atoms with Crippen LogP contribution in [-0.2, 0) is 6.42 Å². The number of benzene rings is 2. The molecule has 2 N–H and O–H groups in total. The van der Waals surface area contributed by atoms with Crippen LogP contribution in [0.4, 0.5) is 0 Å². The summed E-state index contributed by atoms with van der Waals surface area (Å²) in [7, 11) is 0. The number of nitrogens with two attached hydrogens (primary N) is 1. The fourth-order valence-electron chi connectivity index (χ4n) is 1.80. The van der Waals surface area contributed by atoms with Crippen LogP contribution in [0.25, 0.3) is 0 Å². The molecular weight excluding hydrogens is 238 g/mol. The first kappa shape index (κ1) is 13.2. The molecule has 2 aromatic rings. The quantitative estimate of drug-likeness (QED) is 0.877. The van der Waals surface area contributed by atoms with Gasteiger partial charge in [-0.3, -0.25) is 0 Å². The Balaban J connectivity index is 2.00. The topological polar surface area (TPSA) is 26.0 Å². The van der Waals surface area contributed by atoms with E-state index in [1.54, 1.807) is 11.8 Å². The number of hydrogen-bond acceptors (Lipinski definition) is 2. The van der Waals surface area contributed by atoms with Crippen LogP contribution in [-0.4, -0.2) is 6.54 Å². The molecule has 0 heterocycles. The third-order valence-electron chi connectivity index (χ3n) is 2.89. The first-order valence-corrected chi connectivity index (χ1v) is 7.11. The van der Waals surface area contributed by atoms with Crippen molar-refractivity contribution in [2.24, 2.45) is 11.7 Å². The maximum absolute atomic E-state index is 5.65. The Bertz CT molecular complexity index is 464. The summed E-state index contributed by atoms with van der Waals surface area (Å²) in [6.45, 7) is 2.94. The summed E-state index contributed by atoms with van der Waals surface area (Å²) in [6.07, 6.45) is 1.06. The van der Waals surface area contributed by atoms with Crippen LogP contribution in [0.15, 0.2) is 64.4 Å². The van der Waals surface area contributed by atoms with E-state index in [-0.39, 0.29) is 0 Å². The van der Waals surface area contributed by atoms with Gasteiger partial charge < -0.3 is 5.73 Å². The predicted molar refractivity (Wildman–Crippen MR) is 78.9 cm³/mol. The second-order valence-corrected chi connectivity index (χ2v) is 5.75. The van der Waals surface area contributed by atoms with Crippen molar-refractivity contribution in [2.45, 2.75) is 23.1 Å². The average molecular weight is 257 g/mol. The van der Waals surface area contributed by atoms with Gasteiger partial charge in [-0.25, -0.2) is 0 Å². The van der Waals surface area contributed by atoms with E-state index in [2.05, 4.69) is 55.5 Å². The normalized spacial score (nSPS) is 12.3. The Morgan fingerprint density at radius 1 is 0.944 bits per heavy atom. The van der Waals surface area contributed by atoms with E-state index in [0.717, 1.165) is 13.0 Å². The molecule has 1 atom stereocenters. The molecule has 18 heavy (non-hydrogen) atoms. The van der Waals surface area contributed by atoms with Crippen molar-refractivity contribution >= 4 is 11.8 Å². The molecule has 0 fully saturated rings. The minimum Gasteiger partial charge on any atom is -0.330 e. The van der Waals surface area contributed by atoms with Crippen LogP contribution in [0.2, 0.25) is 0 Å². The maximum Gasteiger partial charge on any atom is 0.0122 e. The smallest absolute Gasteiger partial charge is 0.0122 e. The van der Waals surface area contributed by atoms with Crippen molar-refractivity contribution in [1.29, 1.82) is 0 Å². The predicted octanol–water partition coefficient (Wildman–Crippen LogP) is 3.98. The summed E-state index contributed by atoms with van der Waals surface area (Å²) >= 11 is 1.80. The molecule has 0 saturated heterocycles. The van der Waals surface area contributed by atoms with Gasteiger partial charge in [-0.1, -0.05) is 49.0 Å². The second-order valence-electron chi connectivity index (χ2n) is 4.60. The lowest BCUT2D eigenvalue weighted by atomic mass is 10.0. The van der Waals surface area contributed by atoms with Crippen LogP contribution in [0, 0.1) is 5.92 Å². The van der Waals surface area contributed by atoms with Crippen LogP contribution in [0.5, 0.6) is 0 Å². The molecular formula is C16H19NS. The molecule has 0 amide bonds. The summed E-state index contributed by atoms with van der Waals surface area (Å²) in [5.41, 5.74) is 7.01. The largest absolute Gasteiger partial charge is 0.330 e. The monoisotopic (exact) mass is 257 g/mol. The summed E-state index contributed by atoms with van der Waals surface area (Å²) in [4.78, 5) is 2.56. The zero-order valence-corrected chi connectivity index (χ0v) is 11.5. The van der Waals surface area contributed by atoms with E-state index in [1.165, 1.54) is 15.4 Å². The fraction of sp³-hybridized carbons (Fsp3) is 0.250. The van der Waals surface area contributed by atoms with E-state index in [0.29, 0.717) is 5.92 Å². The second kappa shape index (κ2) is 6.62. The van der Waals surface area contributed by atoms with Gasteiger partial charge >= 0.3 is 0 Å². The molecule has 0 aromatic heterocycles. The third kappa shape index (κ3) is 3.90. The number of hydrogen-bond donors (Lipinski definition) is 1. The Morgan fingerprint density at radius 2 is 1.56 bits per heavy atom. The van der Waals surface area contributed by atoms with Crippen molar-refractivity contribution in [3.05, 3.63) is 60.2 Å². The van der Waals surface area contributed by atoms with E-state index in [9.17, 15) is 0 Å². The van der Waals surface area contributed by atoms with Crippen molar-refractivity contribution in [3.63, 3.8) is 0 Å². The molecule has 2 heteroatoms. The van der Waals surface area contributed by atoms with E-state index < -0.39 is 0 Å². The molecule has 94 valence electrons. The first-order chi connectivity index (χ1) is 8.78. The van der Waals surface area contributed by atoms with Gasteiger partial charge in [0.25, 0.3) is 0 Å². The molecule has 0 saturated carbocycles. The van der Waals surface area contributed by atoms with Gasteiger partial charge in [0.2, 0.25) is 0 Å². The molecule has 2 aromatic carbocycles. The highest BCUT2D eigenvalue weighted by Crippen LogP contribution is 2.27. The van der Waals surface area contributed by atoms with Gasteiger partial charge in [-0.05, 0) is 48.7 Å². The Kier molecular flexibility index (Phi) is 4.85. The van der Waals surface area contributed by atoms with E-state index >= 15 is 0 Å². The van der Waals surface area contributed by atoms with Crippen LogP contribution in [0.3, 0.4) is 0 Å². The minimum absolute atomic E-state index is 0.553. The third-order valence-corrected chi connectivity index (χ3v) is 3.90. The highest BCUT2D eigenvalue weighted by atomic mass is 32.2. The minimum atomic E-state index is 0.553. The van der Waals surface area contributed by atoms with Gasteiger partial charge in [-0.2, -0.15) is 0 Å². The molecule has 0 aliphatic carbocycles. The van der Waals surface area contributed by atoms with E-state index in [4.69, 9.17) is 5.73 Å². The average Bonchev–Trinajstić information content (AvgIpc) is 2.42. The molecule has 2 rings (SSSR count). The molecule has 1 unspecified atom stereocenters. The van der Waals surface area contributed by atoms with Crippen molar-refractivity contribution in [3.8, 4) is 0 Å². The van der Waals surface area contributed by atoms with Crippen LogP contribution < -0.4 is 5.73 Å². The van der Waals surface area contributed by atoms with E-state index in [1.807, 2.05) is 6.07 Å². The lowest BCUT2D eigenvalue weighted by Gasteiger charge is -2.08. The Hall–Kier alpha value is -1.25.